The van der Waals surface area contributed by atoms with Crippen molar-refractivity contribution in [3.8, 4) is 0 Å². The van der Waals surface area contributed by atoms with Crippen molar-refractivity contribution >= 4 is 32.5 Å². The third kappa shape index (κ3) is 4.47. The smallest absolute Gasteiger partial charge is 0.217 e. The summed E-state index contributed by atoms with van der Waals surface area (Å²) in [4.78, 5) is 19.1. The van der Waals surface area contributed by atoms with Gasteiger partial charge in [0.25, 0.3) is 0 Å². The van der Waals surface area contributed by atoms with Crippen LogP contribution in [0.2, 0.25) is 0 Å². The SMILES string of the molecule is O=C1CCC(c2ccccc2)(c2nsc(N3CCN(S(=O)(=O)C4CCCCC4)CC3)n2)CC1. The van der Waals surface area contributed by atoms with Gasteiger partial charge < -0.3 is 4.90 Å². The molecule has 5 rings (SSSR count). The molecule has 0 bridgehead atoms. The average molecular weight is 489 g/mol. The summed E-state index contributed by atoms with van der Waals surface area (Å²) in [5.74, 6) is 1.12. The second kappa shape index (κ2) is 9.43. The minimum Gasteiger partial charge on any atom is -0.344 e. The largest absolute Gasteiger partial charge is 0.344 e. The van der Waals surface area contributed by atoms with Crippen LogP contribution in [0.5, 0.6) is 0 Å². The summed E-state index contributed by atoms with van der Waals surface area (Å²) in [6, 6.07) is 10.3. The maximum absolute atomic E-state index is 13.1. The van der Waals surface area contributed by atoms with E-state index in [1.165, 1.54) is 17.1 Å². The van der Waals surface area contributed by atoms with Crippen molar-refractivity contribution in [2.45, 2.75) is 68.5 Å². The number of hydrogen-bond donors (Lipinski definition) is 0. The number of rotatable bonds is 5. The molecular weight excluding hydrogens is 456 g/mol. The lowest BCUT2D eigenvalue weighted by Gasteiger charge is -2.36. The molecular formula is C24H32N4O3S2. The van der Waals surface area contributed by atoms with Gasteiger partial charge in [-0.25, -0.2) is 13.4 Å². The third-order valence-electron chi connectivity index (χ3n) is 7.67. The standard InChI is InChI=1S/C24H32N4O3S2/c29-20-11-13-24(14-12-20,19-7-3-1-4-8-19)22-25-23(32-26-22)27-15-17-28(18-16-27)33(30,31)21-9-5-2-6-10-21/h1,3-4,7-8,21H,2,5-6,9-18H2. The van der Waals surface area contributed by atoms with Crippen molar-refractivity contribution in [3.05, 3.63) is 41.7 Å². The Hall–Kier alpha value is -1.84. The van der Waals surface area contributed by atoms with E-state index in [4.69, 9.17) is 9.36 Å². The number of hydrogen-bond acceptors (Lipinski definition) is 7. The fourth-order valence-corrected chi connectivity index (χ4v) is 8.43. The van der Waals surface area contributed by atoms with E-state index in [0.29, 0.717) is 44.8 Å². The van der Waals surface area contributed by atoms with Gasteiger partial charge >= 0.3 is 0 Å². The average Bonchev–Trinajstić information content (AvgIpc) is 3.37. The van der Waals surface area contributed by atoms with Crippen LogP contribution in [0.1, 0.15) is 69.2 Å². The fraction of sp³-hybridized carbons (Fsp3) is 0.625. The zero-order valence-corrected chi connectivity index (χ0v) is 20.6. The van der Waals surface area contributed by atoms with Crippen molar-refractivity contribution < 1.29 is 13.2 Å². The van der Waals surface area contributed by atoms with Gasteiger partial charge in [-0.15, -0.1) is 0 Å². The van der Waals surface area contributed by atoms with Crippen molar-refractivity contribution in [1.82, 2.24) is 13.7 Å². The third-order valence-corrected chi connectivity index (χ3v) is 10.8. The molecule has 0 spiro atoms. The van der Waals surface area contributed by atoms with Crippen LogP contribution >= 0.6 is 11.5 Å². The lowest BCUT2D eigenvalue weighted by Crippen LogP contribution is -2.51. The summed E-state index contributed by atoms with van der Waals surface area (Å²) in [6.07, 6.45) is 7.37. The number of Topliss-reactive ketones (excluding diaryl/α,β-unsaturated/α-hetero) is 1. The van der Waals surface area contributed by atoms with E-state index < -0.39 is 10.0 Å². The number of carbonyl (C=O) groups excluding carboxylic acids is 1. The second-order valence-electron chi connectivity index (χ2n) is 9.58. The van der Waals surface area contributed by atoms with Gasteiger partial charge in [0, 0.05) is 50.6 Å². The van der Waals surface area contributed by atoms with Gasteiger partial charge in [0.15, 0.2) is 5.82 Å². The Balaban J connectivity index is 1.31. The first-order valence-corrected chi connectivity index (χ1v) is 14.4. The number of carbonyl (C=O) groups is 1. The summed E-state index contributed by atoms with van der Waals surface area (Å²) < 4.78 is 32.6. The Morgan fingerprint density at radius 2 is 1.61 bits per heavy atom. The van der Waals surface area contributed by atoms with E-state index in [2.05, 4.69) is 17.0 Å². The predicted molar refractivity (Wildman–Crippen MR) is 130 cm³/mol. The fourth-order valence-electron chi connectivity index (χ4n) is 5.60. The molecule has 2 saturated carbocycles. The van der Waals surface area contributed by atoms with Gasteiger partial charge in [0.05, 0.1) is 10.7 Å². The molecule has 2 aliphatic carbocycles. The van der Waals surface area contributed by atoms with Crippen molar-refractivity contribution in [2.24, 2.45) is 0 Å². The Morgan fingerprint density at radius 3 is 2.27 bits per heavy atom. The zero-order chi connectivity index (χ0) is 22.9. The highest BCUT2D eigenvalue weighted by molar-refractivity contribution is 7.89. The van der Waals surface area contributed by atoms with Crippen molar-refractivity contribution in [2.75, 3.05) is 31.1 Å². The molecule has 9 heteroatoms. The number of aromatic nitrogens is 2. The van der Waals surface area contributed by atoms with Crippen LogP contribution in [0, 0.1) is 0 Å². The highest BCUT2D eigenvalue weighted by atomic mass is 32.2. The summed E-state index contributed by atoms with van der Waals surface area (Å²) >= 11 is 1.39. The Bertz CT molecular complexity index is 1060. The van der Waals surface area contributed by atoms with Crippen LogP contribution in [0.25, 0.3) is 0 Å². The molecule has 1 aromatic carbocycles. The van der Waals surface area contributed by atoms with Crippen molar-refractivity contribution in [1.29, 1.82) is 0 Å². The molecule has 33 heavy (non-hydrogen) atoms. The second-order valence-corrected chi connectivity index (χ2v) is 12.5. The molecule has 1 aromatic heterocycles. The first-order valence-electron chi connectivity index (χ1n) is 12.1. The van der Waals surface area contributed by atoms with Crippen LogP contribution in [-0.4, -0.2) is 59.3 Å². The molecule has 178 valence electrons. The molecule has 3 fully saturated rings. The van der Waals surface area contributed by atoms with E-state index in [-0.39, 0.29) is 10.7 Å². The molecule has 0 amide bonds. The number of piperazine rings is 1. The summed E-state index contributed by atoms with van der Waals surface area (Å²) in [5, 5.41) is 0.651. The van der Waals surface area contributed by atoms with Gasteiger partial charge in [-0.2, -0.15) is 8.68 Å². The van der Waals surface area contributed by atoms with Crippen LogP contribution in [0.4, 0.5) is 5.13 Å². The molecule has 1 saturated heterocycles. The maximum Gasteiger partial charge on any atom is 0.217 e. The molecule has 0 unspecified atom stereocenters. The van der Waals surface area contributed by atoms with E-state index in [9.17, 15) is 13.2 Å². The number of benzene rings is 1. The van der Waals surface area contributed by atoms with Gasteiger partial charge in [0.1, 0.15) is 5.78 Å². The summed E-state index contributed by atoms with van der Waals surface area (Å²) in [6.45, 7) is 2.28. The maximum atomic E-state index is 13.1. The van der Waals surface area contributed by atoms with Crippen molar-refractivity contribution in [3.63, 3.8) is 0 Å². The minimum atomic E-state index is -3.21. The number of anilines is 1. The zero-order valence-electron chi connectivity index (χ0n) is 19.0. The number of ketones is 1. The van der Waals surface area contributed by atoms with E-state index in [1.54, 1.807) is 4.31 Å². The molecule has 1 aliphatic heterocycles. The van der Waals surface area contributed by atoms with E-state index in [0.717, 1.165) is 55.9 Å². The first-order chi connectivity index (χ1) is 16.0. The summed E-state index contributed by atoms with van der Waals surface area (Å²) in [5.41, 5.74) is 0.848. The van der Waals surface area contributed by atoms with E-state index in [1.807, 2.05) is 18.2 Å². The summed E-state index contributed by atoms with van der Waals surface area (Å²) in [7, 11) is -3.21. The quantitative estimate of drug-likeness (QED) is 0.637. The Kier molecular flexibility index (Phi) is 6.55. The Morgan fingerprint density at radius 1 is 0.939 bits per heavy atom. The predicted octanol–water partition coefficient (Wildman–Crippen LogP) is 3.75. The van der Waals surface area contributed by atoms with Crippen LogP contribution in [0.15, 0.2) is 30.3 Å². The van der Waals surface area contributed by atoms with Gasteiger partial charge in [-0.3, -0.25) is 4.79 Å². The van der Waals surface area contributed by atoms with Crippen LogP contribution in [-0.2, 0) is 20.2 Å². The number of sulfonamides is 1. The molecule has 3 aliphatic rings. The highest BCUT2D eigenvalue weighted by Gasteiger charge is 2.42. The normalized spacial score (nSPS) is 23.0. The Labute approximate surface area is 200 Å². The first kappa shape index (κ1) is 22.9. The lowest BCUT2D eigenvalue weighted by molar-refractivity contribution is -0.121. The highest BCUT2D eigenvalue weighted by Crippen LogP contribution is 2.43. The topological polar surface area (TPSA) is 83.5 Å². The number of nitrogens with zero attached hydrogens (tertiary/aromatic N) is 4. The van der Waals surface area contributed by atoms with Crippen LogP contribution in [0.3, 0.4) is 0 Å². The van der Waals surface area contributed by atoms with Gasteiger partial charge in [-0.05, 0) is 31.2 Å². The minimum absolute atomic E-state index is 0.203. The molecule has 2 heterocycles. The molecule has 7 nitrogen and oxygen atoms in total. The lowest BCUT2D eigenvalue weighted by atomic mass is 9.68. The monoisotopic (exact) mass is 488 g/mol. The van der Waals surface area contributed by atoms with Gasteiger partial charge in [-0.1, -0.05) is 49.6 Å². The molecule has 2 aromatic rings. The molecule has 0 radical (unpaired) electrons. The van der Waals surface area contributed by atoms with Crippen LogP contribution < -0.4 is 4.90 Å². The van der Waals surface area contributed by atoms with Gasteiger partial charge in [0.2, 0.25) is 15.2 Å². The molecule has 0 N–H and O–H groups in total. The van der Waals surface area contributed by atoms with E-state index >= 15 is 0 Å². The molecule has 0 atom stereocenters.